The molecule has 1 unspecified atom stereocenters. The third-order valence-electron chi connectivity index (χ3n) is 7.34. The molecule has 1 aromatic rings. The Labute approximate surface area is 215 Å². The van der Waals surface area contributed by atoms with Gasteiger partial charge in [-0.25, -0.2) is 0 Å². The molecule has 3 heterocycles. The van der Waals surface area contributed by atoms with Crippen LogP contribution in [0.4, 0.5) is 5.69 Å². The van der Waals surface area contributed by atoms with E-state index in [1.165, 1.54) is 6.07 Å². The molecule has 0 radical (unpaired) electrons. The smallest absolute Gasteiger partial charge is 0.264 e. The van der Waals surface area contributed by atoms with Gasteiger partial charge in [0.05, 0.1) is 17.7 Å². The highest BCUT2D eigenvalue weighted by Gasteiger charge is 2.47. The summed E-state index contributed by atoms with van der Waals surface area (Å²) in [5.41, 5.74) is 0.673. The zero-order valence-electron chi connectivity index (χ0n) is 19.1. The first-order valence-electron chi connectivity index (χ1n) is 11.5. The molecular formula is C23H29Cl2N5O5. The van der Waals surface area contributed by atoms with Gasteiger partial charge in [0.25, 0.3) is 11.8 Å². The summed E-state index contributed by atoms with van der Waals surface area (Å²) in [7, 11) is 0. The normalized spacial score (nSPS) is 22.9. The minimum atomic E-state index is -1.02. The summed E-state index contributed by atoms with van der Waals surface area (Å²) < 4.78 is 0. The Morgan fingerprint density at radius 1 is 1.06 bits per heavy atom. The van der Waals surface area contributed by atoms with Gasteiger partial charge in [-0.3, -0.25) is 34.2 Å². The molecule has 10 nitrogen and oxygen atoms in total. The average Bonchev–Trinajstić information content (AvgIpc) is 2.93. The minimum Gasteiger partial charge on any atom is -0.375 e. The molecule has 2 saturated heterocycles. The molecule has 1 aromatic carbocycles. The molecule has 35 heavy (non-hydrogen) atoms. The van der Waals surface area contributed by atoms with Crippen LogP contribution in [0.25, 0.3) is 0 Å². The monoisotopic (exact) mass is 525 g/mol. The number of rotatable bonds is 4. The Hall–Kier alpha value is -2.69. The summed E-state index contributed by atoms with van der Waals surface area (Å²) in [5.74, 6) is -2.25. The first-order valence-corrected chi connectivity index (χ1v) is 11.5. The van der Waals surface area contributed by atoms with Crippen molar-refractivity contribution in [1.29, 1.82) is 0 Å². The fourth-order valence-corrected chi connectivity index (χ4v) is 5.43. The first-order chi connectivity index (χ1) is 15.9. The van der Waals surface area contributed by atoms with E-state index in [4.69, 9.17) is 0 Å². The number of hydrogen-bond donors (Lipinski definition) is 3. The highest BCUT2D eigenvalue weighted by atomic mass is 35.5. The van der Waals surface area contributed by atoms with E-state index in [0.29, 0.717) is 12.2 Å². The molecule has 1 spiro atoms. The molecule has 0 bridgehead atoms. The highest BCUT2D eigenvalue weighted by Crippen LogP contribution is 2.41. The maximum Gasteiger partial charge on any atom is 0.264 e. The van der Waals surface area contributed by atoms with Crippen LogP contribution >= 0.6 is 24.8 Å². The van der Waals surface area contributed by atoms with E-state index in [-0.39, 0.29) is 66.8 Å². The number of carbonyl (C=O) groups is 5. The van der Waals surface area contributed by atoms with Gasteiger partial charge in [0, 0.05) is 30.7 Å². The van der Waals surface area contributed by atoms with Crippen molar-refractivity contribution in [3.05, 3.63) is 29.3 Å². The van der Waals surface area contributed by atoms with Crippen molar-refractivity contribution in [3.8, 4) is 0 Å². The fraction of sp³-hybridized carbons (Fsp3) is 0.522. The molecular weight excluding hydrogens is 497 g/mol. The van der Waals surface area contributed by atoms with E-state index in [0.717, 1.165) is 43.7 Å². The SMILES string of the molecule is Cl.Cl.O=C1CCC(N2C(=O)c3cccc(NCC(=O)N4CCNCCC45CCC5)c3C2=O)C(=O)N1. The molecule has 3 fully saturated rings. The minimum absolute atomic E-state index is 0. The number of amides is 5. The lowest BCUT2D eigenvalue weighted by Gasteiger charge is -2.49. The van der Waals surface area contributed by atoms with Gasteiger partial charge in [0.15, 0.2) is 0 Å². The topological polar surface area (TPSA) is 128 Å². The van der Waals surface area contributed by atoms with Crippen molar-refractivity contribution >= 4 is 60.0 Å². The van der Waals surface area contributed by atoms with Gasteiger partial charge in [-0.2, -0.15) is 0 Å². The van der Waals surface area contributed by atoms with Crippen molar-refractivity contribution in [3.63, 3.8) is 0 Å². The zero-order valence-corrected chi connectivity index (χ0v) is 20.8. The van der Waals surface area contributed by atoms with E-state index >= 15 is 0 Å². The molecule has 5 rings (SSSR count). The van der Waals surface area contributed by atoms with Crippen LogP contribution in [-0.4, -0.2) is 77.1 Å². The molecule has 0 aromatic heterocycles. The van der Waals surface area contributed by atoms with Crippen LogP contribution in [0.1, 0.15) is 59.2 Å². The Balaban J connectivity index is 0.00000171. The molecule has 3 aliphatic heterocycles. The second kappa shape index (κ2) is 10.5. The van der Waals surface area contributed by atoms with E-state index < -0.39 is 29.7 Å². The van der Waals surface area contributed by atoms with Crippen LogP contribution in [0, 0.1) is 0 Å². The lowest BCUT2D eigenvalue weighted by molar-refractivity contribution is -0.139. The summed E-state index contributed by atoms with van der Waals surface area (Å²) in [4.78, 5) is 66.0. The largest absolute Gasteiger partial charge is 0.375 e. The lowest BCUT2D eigenvalue weighted by Crippen LogP contribution is -2.57. The molecule has 4 aliphatic rings. The standard InChI is InChI=1S/C23H27N5O5.2ClH/c29-17-6-5-16(20(31)26-17)28-21(32)14-3-1-4-15(19(14)22(28)33)25-13-18(30)27-12-11-24-10-9-23(27)7-2-8-23;;/h1,3-4,16,24-25H,2,5-13H2,(H,26,29,31);2*1H. The predicted octanol–water partition coefficient (Wildman–Crippen LogP) is 1.09. The van der Waals surface area contributed by atoms with E-state index in [1.54, 1.807) is 12.1 Å². The third-order valence-corrected chi connectivity index (χ3v) is 7.34. The van der Waals surface area contributed by atoms with Crippen molar-refractivity contribution in [1.82, 2.24) is 20.4 Å². The fourth-order valence-electron chi connectivity index (χ4n) is 5.43. The van der Waals surface area contributed by atoms with Crippen LogP contribution < -0.4 is 16.0 Å². The van der Waals surface area contributed by atoms with Crippen LogP contribution in [0.2, 0.25) is 0 Å². The summed E-state index contributed by atoms with van der Waals surface area (Å²) in [5, 5.41) is 8.63. The Morgan fingerprint density at radius 2 is 1.83 bits per heavy atom. The maximum atomic E-state index is 13.2. The third kappa shape index (κ3) is 4.62. The maximum absolute atomic E-state index is 13.2. The quantitative estimate of drug-likeness (QED) is 0.502. The van der Waals surface area contributed by atoms with Crippen molar-refractivity contribution in [2.75, 3.05) is 31.5 Å². The number of nitrogens with one attached hydrogen (secondary N) is 3. The molecule has 1 saturated carbocycles. The number of anilines is 1. The van der Waals surface area contributed by atoms with Crippen molar-refractivity contribution < 1.29 is 24.0 Å². The molecule has 3 N–H and O–H groups in total. The Kier molecular flexibility index (Phi) is 8.08. The van der Waals surface area contributed by atoms with Crippen LogP contribution in [-0.2, 0) is 14.4 Å². The molecule has 1 aliphatic carbocycles. The van der Waals surface area contributed by atoms with Crippen LogP contribution in [0.5, 0.6) is 0 Å². The number of piperidine rings is 1. The molecule has 190 valence electrons. The number of carbonyl (C=O) groups excluding carboxylic acids is 5. The summed E-state index contributed by atoms with van der Waals surface area (Å²) in [6, 6.07) is 3.83. The lowest BCUT2D eigenvalue weighted by atomic mass is 9.73. The molecule has 12 heteroatoms. The van der Waals surface area contributed by atoms with Gasteiger partial charge < -0.3 is 15.5 Å². The predicted molar refractivity (Wildman–Crippen MR) is 132 cm³/mol. The number of benzene rings is 1. The Bertz CT molecular complexity index is 1060. The summed E-state index contributed by atoms with van der Waals surface area (Å²) in [6.45, 7) is 2.31. The van der Waals surface area contributed by atoms with E-state index in [9.17, 15) is 24.0 Å². The van der Waals surface area contributed by atoms with Gasteiger partial charge in [-0.1, -0.05) is 6.07 Å². The van der Waals surface area contributed by atoms with Gasteiger partial charge >= 0.3 is 0 Å². The second-order valence-electron chi connectivity index (χ2n) is 9.15. The summed E-state index contributed by atoms with van der Waals surface area (Å²) in [6.07, 6.45) is 4.24. The van der Waals surface area contributed by atoms with Crippen molar-refractivity contribution in [2.24, 2.45) is 0 Å². The molecule has 5 amide bonds. The molecule has 1 atom stereocenters. The highest BCUT2D eigenvalue weighted by molar-refractivity contribution is 6.25. The number of halogens is 2. The van der Waals surface area contributed by atoms with Gasteiger partial charge in [0.1, 0.15) is 6.04 Å². The van der Waals surface area contributed by atoms with Gasteiger partial charge in [-0.05, 0) is 50.8 Å². The Morgan fingerprint density at radius 3 is 2.51 bits per heavy atom. The zero-order chi connectivity index (χ0) is 23.2. The van der Waals surface area contributed by atoms with Crippen LogP contribution in [0.15, 0.2) is 18.2 Å². The number of hydrogen-bond acceptors (Lipinski definition) is 7. The first kappa shape index (κ1) is 26.9. The van der Waals surface area contributed by atoms with Crippen LogP contribution in [0.3, 0.4) is 0 Å². The van der Waals surface area contributed by atoms with Gasteiger partial charge in [0.2, 0.25) is 17.7 Å². The average molecular weight is 526 g/mol. The number of imide groups is 2. The number of fused-ring (bicyclic) bond motifs is 1. The van der Waals surface area contributed by atoms with Gasteiger partial charge in [-0.15, -0.1) is 24.8 Å². The number of nitrogens with zero attached hydrogens (tertiary/aromatic N) is 2. The van der Waals surface area contributed by atoms with E-state index in [1.807, 2.05) is 4.90 Å². The summed E-state index contributed by atoms with van der Waals surface area (Å²) >= 11 is 0. The second-order valence-corrected chi connectivity index (χ2v) is 9.15. The van der Waals surface area contributed by atoms with E-state index in [2.05, 4.69) is 16.0 Å². The van der Waals surface area contributed by atoms with Crippen molar-refractivity contribution in [2.45, 2.75) is 50.1 Å².